The van der Waals surface area contributed by atoms with Crippen LogP contribution in [0.1, 0.15) is 12.8 Å². The first-order valence-corrected chi connectivity index (χ1v) is 15.3. The first kappa shape index (κ1) is 43.2. The van der Waals surface area contributed by atoms with Gasteiger partial charge in [-0.15, -0.1) is 0 Å². The molecule has 0 saturated carbocycles. The number of carboxylic acids is 1. The summed E-state index contributed by atoms with van der Waals surface area (Å²) in [5, 5.41) is 8.44. The molecule has 0 aromatic heterocycles. The van der Waals surface area contributed by atoms with Crippen LogP contribution in [0.5, 0.6) is 0 Å². The number of ketones is 1. The van der Waals surface area contributed by atoms with Gasteiger partial charge in [-0.25, -0.2) is 4.79 Å². The van der Waals surface area contributed by atoms with E-state index in [2.05, 4.69) is 4.90 Å². The fourth-order valence-corrected chi connectivity index (χ4v) is 2.94. The van der Waals surface area contributed by atoms with Gasteiger partial charge in [0.15, 0.2) is 0 Å². The number of likely N-dealkylation sites (N-methyl/N-ethyl adjacent to an activating group) is 1. The third kappa shape index (κ3) is 36.5. The normalized spacial score (nSPS) is 11.4. The molecule has 16 heteroatoms. The predicted octanol–water partition coefficient (Wildman–Crippen LogP) is -0.309. The number of carbonyl (C=O) groups excluding carboxylic acids is 2. The van der Waals surface area contributed by atoms with Crippen LogP contribution in [0, 0.1) is 0 Å². The number of carbonyl (C=O) groups is 3. The van der Waals surface area contributed by atoms with Gasteiger partial charge in [0.1, 0.15) is 6.61 Å². The zero-order valence-corrected chi connectivity index (χ0v) is 27.1. The molecule has 45 heavy (non-hydrogen) atoms. The van der Waals surface area contributed by atoms with Crippen molar-refractivity contribution in [1.82, 2.24) is 4.90 Å². The molecule has 0 bridgehead atoms. The van der Waals surface area contributed by atoms with Crippen molar-refractivity contribution in [1.29, 1.82) is 0 Å². The largest absolute Gasteiger partial charge is 0.476 e. The Hall–Kier alpha value is -1.83. The third-order valence-electron chi connectivity index (χ3n) is 5.32. The van der Waals surface area contributed by atoms with Gasteiger partial charge in [0.05, 0.1) is 139 Å². The molecule has 0 saturated heterocycles. The standard InChI is InChI=1S/C29H55NO15/c1-30(2)5-6-35-7-8-36-9-10-37-11-12-38-13-14-39-15-16-40-17-18-41-19-20-42-21-22-43-23-24-44-25-26-45-28(32)4-3-27(31)29(33)34/h3-26H2,1-2H3,(H,33,34). The Labute approximate surface area is 266 Å². The van der Waals surface area contributed by atoms with Crippen LogP contribution in [0.15, 0.2) is 0 Å². The molecule has 16 nitrogen and oxygen atoms in total. The van der Waals surface area contributed by atoms with E-state index in [0.717, 1.165) is 6.54 Å². The average Bonchev–Trinajstić information content (AvgIpc) is 3.01. The maximum absolute atomic E-state index is 11.4. The minimum atomic E-state index is -1.56. The Kier molecular flexibility index (Phi) is 33.6. The van der Waals surface area contributed by atoms with Gasteiger partial charge < -0.3 is 62.1 Å². The Balaban J connectivity index is 3.12. The molecule has 0 aliphatic rings. The number of carboxylic acid groups (broad SMARTS) is 1. The number of ether oxygens (including phenoxy) is 11. The molecule has 0 aromatic rings. The van der Waals surface area contributed by atoms with E-state index in [1.54, 1.807) is 0 Å². The number of rotatable bonds is 37. The smallest absolute Gasteiger partial charge is 0.372 e. The lowest BCUT2D eigenvalue weighted by Crippen LogP contribution is -2.19. The van der Waals surface area contributed by atoms with Gasteiger partial charge >= 0.3 is 11.9 Å². The predicted molar refractivity (Wildman–Crippen MR) is 160 cm³/mol. The zero-order valence-electron chi connectivity index (χ0n) is 27.1. The molecule has 0 radical (unpaired) electrons. The molecule has 0 aliphatic carbocycles. The quantitative estimate of drug-likeness (QED) is 0.0523. The van der Waals surface area contributed by atoms with E-state index in [-0.39, 0.29) is 26.1 Å². The first-order chi connectivity index (χ1) is 21.9. The maximum Gasteiger partial charge on any atom is 0.372 e. The van der Waals surface area contributed by atoms with Gasteiger partial charge in [-0.05, 0) is 14.1 Å². The van der Waals surface area contributed by atoms with Gasteiger partial charge in [0, 0.05) is 13.0 Å². The van der Waals surface area contributed by atoms with E-state index in [0.29, 0.717) is 126 Å². The van der Waals surface area contributed by atoms with Gasteiger partial charge in [0.2, 0.25) is 5.78 Å². The molecular formula is C29H55NO15. The van der Waals surface area contributed by atoms with Crippen LogP contribution < -0.4 is 0 Å². The topological polar surface area (TPSA) is 176 Å². The van der Waals surface area contributed by atoms with Crippen LogP contribution >= 0.6 is 0 Å². The van der Waals surface area contributed by atoms with Crippen molar-refractivity contribution in [3.05, 3.63) is 0 Å². The first-order valence-electron chi connectivity index (χ1n) is 15.3. The fourth-order valence-electron chi connectivity index (χ4n) is 2.94. The van der Waals surface area contributed by atoms with Crippen LogP contribution in [0.25, 0.3) is 0 Å². The highest BCUT2D eigenvalue weighted by molar-refractivity contribution is 6.32. The molecule has 0 unspecified atom stereocenters. The molecule has 0 heterocycles. The van der Waals surface area contributed by atoms with Crippen molar-refractivity contribution in [2.24, 2.45) is 0 Å². The van der Waals surface area contributed by atoms with Crippen LogP contribution in [0.3, 0.4) is 0 Å². The highest BCUT2D eigenvalue weighted by Gasteiger charge is 2.14. The maximum atomic E-state index is 11.4. The van der Waals surface area contributed by atoms with E-state index >= 15 is 0 Å². The highest BCUT2D eigenvalue weighted by Crippen LogP contribution is 1.95. The second-order valence-electron chi connectivity index (χ2n) is 9.38. The highest BCUT2D eigenvalue weighted by atomic mass is 16.6. The number of hydrogen-bond donors (Lipinski definition) is 1. The average molecular weight is 658 g/mol. The van der Waals surface area contributed by atoms with Crippen molar-refractivity contribution in [2.45, 2.75) is 12.8 Å². The van der Waals surface area contributed by atoms with Crippen molar-refractivity contribution in [2.75, 3.05) is 159 Å². The second kappa shape index (κ2) is 35.0. The lowest BCUT2D eigenvalue weighted by Gasteiger charge is -2.10. The second-order valence-corrected chi connectivity index (χ2v) is 9.38. The minimum Gasteiger partial charge on any atom is -0.476 e. The lowest BCUT2D eigenvalue weighted by molar-refractivity contribution is -0.151. The third-order valence-corrected chi connectivity index (χ3v) is 5.32. The molecule has 0 aliphatic heterocycles. The molecule has 0 amide bonds. The summed E-state index contributed by atoms with van der Waals surface area (Å²) < 4.78 is 58.9. The van der Waals surface area contributed by atoms with Gasteiger partial charge in [-0.2, -0.15) is 0 Å². The summed E-state index contributed by atoms with van der Waals surface area (Å²) >= 11 is 0. The monoisotopic (exact) mass is 657 g/mol. The Morgan fingerprint density at radius 1 is 0.422 bits per heavy atom. The summed E-state index contributed by atoms with van der Waals surface area (Å²) in [5.41, 5.74) is 0. The molecule has 0 fully saturated rings. The Bertz CT molecular complexity index is 684. The van der Waals surface area contributed by atoms with Crippen molar-refractivity contribution < 1.29 is 71.6 Å². The minimum absolute atomic E-state index is 0.0155. The van der Waals surface area contributed by atoms with Gasteiger partial charge in [-0.1, -0.05) is 0 Å². The van der Waals surface area contributed by atoms with Crippen LogP contribution in [0.2, 0.25) is 0 Å². The molecular weight excluding hydrogens is 602 g/mol. The molecule has 266 valence electrons. The van der Waals surface area contributed by atoms with E-state index in [9.17, 15) is 14.4 Å². The zero-order chi connectivity index (χ0) is 33.1. The van der Waals surface area contributed by atoms with Crippen molar-refractivity contribution >= 4 is 17.7 Å². The summed E-state index contributed by atoms with van der Waals surface area (Å²) in [4.78, 5) is 34.7. The molecule has 0 atom stereocenters. The van der Waals surface area contributed by atoms with E-state index < -0.39 is 17.7 Å². The SMILES string of the molecule is CN(C)CCOCCOCCOCCOCCOCCOCCOCCOCCOCCOCCOC(=O)CCC(=O)C(=O)O. The molecule has 0 spiro atoms. The van der Waals surface area contributed by atoms with Crippen LogP contribution in [-0.4, -0.2) is 187 Å². The Morgan fingerprint density at radius 3 is 0.956 bits per heavy atom. The van der Waals surface area contributed by atoms with Crippen molar-refractivity contribution in [3.63, 3.8) is 0 Å². The van der Waals surface area contributed by atoms with Gasteiger partial charge in [-0.3, -0.25) is 9.59 Å². The van der Waals surface area contributed by atoms with Crippen molar-refractivity contribution in [3.8, 4) is 0 Å². The van der Waals surface area contributed by atoms with E-state index in [1.807, 2.05) is 14.1 Å². The summed E-state index contributed by atoms with van der Waals surface area (Å²) in [5.74, 6) is -3.23. The number of esters is 1. The number of hydrogen-bond acceptors (Lipinski definition) is 15. The number of aliphatic carboxylic acids is 1. The summed E-state index contributed by atoms with van der Waals surface area (Å²) in [6.45, 7) is 10.3. The number of nitrogens with zero attached hydrogens (tertiary/aromatic N) is 1. The Morgan fingerprint density at radius 2 is 0.689 bits per heavy atom. The fraction of sp³-hybridized carbons (Fsp3) is 0.897. The summed E-state index contributed by atoms with van der Waals surface area (Å²) in [7, 11) is 4.02. The van der Waals surface area contributed by atoms with E-state index in [1.165, 1.54) is 0 Å². The molecule has 0 rings (SSSR count). The number of Topliss-reactive ketones (excluding diaryl/α,β-unsaturated/α-hetero) is 1. The summed E-state index contributed by atoms with van der Waals surface area (Å²) in [6, 6.07) is 0. The summed E-state index contributed by atoms with van der Waals surface area (Å²) in [6.07, 6.45) is -0.657. The molecule has 1 N–H and O–H groups in total. The molecule has 0 aromatic carbocycles. The van der Waals surface area contributed by atoms with Gasteiger partial charge in [0.25, 0.3) is 0 Å². The van der Waals surface area contributed by atoms with E-state index in [4.69, 9.17) is 57.2 Å². The lowest BCUT2D eigenvalue weighted by atomic mass is 10.2. The van der Waals surface area contributed by atoms with Crippen LogP contribution in [-0.2, 0) is 66.5 Å². The van der Waals surface area contributed by atoms with Crippen LogP contribution in [0.4, 0.5) is 0 Å².